The van der Waals surface area contributed by atoms with Crippen molar-refractivity contribution >= 4 is 31.9 Å². The lowest BCUT2D eigenvalue weighted by molar-refractivity contribution is 0.458. The van der Waals surface area contributed by atoms with E-state index in [0.29, 0.717) is 20.1 Å². The molecule has 0 aliphatic heterocycles. The van der Waals surface area contributed by atoms with Gasteiger partial charge in [0, 0.05) is 11.1 Å². The minimum absolute atomic E-state index is 0.110. The van der Waals surface area contributed by atoms with Crippen LogP contribution >= 0.6 is 31.9 Å². The summed E-state index contributed by atoms with van der Waals surface area (Å²) in [5, 5.41) is 22.1. The molecule has 3 rings (SSSR count). The van der Waals surface area contributed by atoms with E-state index in [1.165, 1.54) is 11.1 Å². The van der Waals surface area contributed by atoms with Crippen molar-refractivity contribution in [3.63, 3.8) is 0 Å². The van der Waals surface area contributed by atoms with Gasteiger partial charge in [0.1, 0.15) is 11.5 Å². The van der Waals surface area contributed by atoms with Gasteiger partial charge in [0.25, 0.3) is 0 Å². The van der Waals surface area contributed by atoms with E-state index >= 15 is 0 Å². The lowest BCUT2D eigenvalue weighted by Gasteiger charge is -2.20. The molecular formula is C23H22Br2O2. The Labute approximate surface area is 177 Å². The first-order valence-electron chi connectivity index (χ1n) is 8.72. The highest BCUT2D eigenvalue weighted by Gasteiger charge is 2.25. The summed E-state index contributed by atoms with van der Waals surface area (Å²) in [7, 11) is 0. The fourth-order valence-corrected chi connectivity index (χ4v) is 4.68. The monoisotopic (exact) mass is 488 g/mol. The highest BCUT2D eigenvalue weighted by molar-refractivity contribution is 9.11. The molecule has 0 aliphatic rings. The maximum Gasteiger partial charge on any atom is 0.139 e. The van der Waals surface area contributed by atoms with Gasteiger partial charge in [0.2, 0.25) is 0 Å². The predicted octanol–water partition coefficient (Wildman–Crippen LogP) is 7.50. The summed E-state index contributed by atoms with van der Waals surface area (Å²) in [5.41, 5.74) is 8.59. The Morgan fingerprint density at radius 3 is 1.70 bits per heavy atom. The van der Waals surface area contributed by atoms with Crippen LogP contribution in [0.15, 0.2) is 39.3 Å². The summed E-state index contributed by atoms with van der Waals surface area (Å²) in [6.07, 6.45) is 0. The average molecular weight is 490 g/mol. The zero-order chi connectivity index (χ0) is 20.0. The maximum atomic E-state index is 11.0. The Bertz CT molecular complexity index is 1040. The molecule has 140 valence electrons. The van der Waals surface area contributed by atoms with Crippen molar-refractivity contribution in [3.05, 3.63) is 67.1 Å². The Hall–Kier alpha value is -1.78. The van der Waals surface area contributed by atoms with E-state index in [1.807, 2.05) is 45.0 Å². The zero-order valence-corrected chi connectivity index (χ0v) is 19.2. The standard InChI is InChI=1S/C23H22Br2O2/c1-11-6-8-16(13(3)10-11)18-20(24)23(27)19(21(25)22(18)26)17-9-7-12(2)14(4)15(17)5/h6-10,26-27H,1-5H3. The van der Waals surface area contributed by atoms with Crippen molar-refractivity contribution in [1.82, 2.24) is 0 Å². The second-order valence-corrected chi connectivity index (χ2v) is 8.66. The normalized spacial score (nSPS) is 11.1. The number of phenolic OH excluding ortho intramolecular Hbond substituents is 2. The Morgan fingerprint density at radius 1 is 0.630 bits per heavy atom. The molecule has 0 aliphatic carbocycles. The molecule has 0 spiro atoms. The average Bonchev–Trinajstić information content (AvgIpc) is 2.62. The van der Waals surface area contributed by atoms with E-state index in [2.05, 4.69) is 51.8 Å². The number of benzene rings is 3. The van der Waals surface area contributed by atoms with Crippen LogP contribution in [0.4, 0.5) is 0 Å². The van der Waals surface area contributed by atoms with Gasteiger partial charge in [-0.25, -0.2) is 0 Å². The van der Waals surface area contributed by atoms with Crippen LogP contribution in [-0.2, 0) is 0 Å². The molecule has 0 atom stereocenters. The van der Waals surface area contributed by atoms with Crippen LogP contribution in [0.3, 0.4) is 0 Å². The van der Waals surface area contributed by atoms with E-state index < -0.39 is 0 Å². The minimum Gasteiger partial charge on any atom is -0.506 e. The fourth-order valence-electron chi connectivity index (χ4n) is 3.48. The zero-order valence-electron chi connectivity index (χ0n) is 16.0. The molecule has 27 heavy (non-hydrogen) atoms. The number of aryl methyl sites for hydroxylation is 3. The largest absolute Gasteiger partial charge is 0.506 e. The lowest BCUT2D eigenvalue weighted by Crippen LogP contribution is -1.95. The van der Waals surface area contributed by atoms with Crippen LogP contribution in [0.25, 0.3) is 22.3 Å². The van der Waals surface area contributed by atoms with Gasteiger partial charge in [0.15, 0.2) is 0 Å². The third-order valence-electron chi connectivity index (χ3n) is 5.31. The Morgan fingerprint density at radius 2 is 1.15 bits per heavy atom. The lowest BCUT2D eigenvalue weighted by atomic mass is 9.91. The van der Waals surface area contributed by atoms with E-state index in [1.54, 1.807) is 0 Å². The van der Waals surface area contributed by atoms with Gasteiger partial charge in [-0.2, -0.15) is 0 Å². The van der Waals surface area contributed by atoms with Gasteiger partial charge in [-0.3, -0.25) is 0 Å². The number of rotatable bonds is 2. The summed E-state index contributed by atoms with van der Waals surface area (Å²) in [4.78, 5) is 0. The smallest absolute Gasteiger partial charge is 0.139 e. The van der Waals surface area contributed by atoms with Gasteiger partial charge in [-0.1, -0.05) is 35.9 Å². The molecule has 3 aromatic rings. The van der Waals surface area contributed by atoms with Gasteiger partial charge in [-0.15, -0.1) is 0 Å². The summed E-state index contributed by atoms with van der Waals surface area (Å²) in [5.74, 6) is 0.222. The molecule has 0 bridgehead atoms. The van der Waals surface area contributed by atoms with Gasteiger partial charge < -0.3 is 10.2 Å². The van der Waals surface area contributed by atoms with Crippen LogP contribution in [-0.4, -0.2) is 10.2 Å². The molecule has 0 saturated carbocycles. The molecule has 2 nitrogen and oxygen atoms in total. The molecule has 0 radical (unpaired) electrons. The first kappa shape index (κ1) is 20.0. The summed E-state index contributed by atoms with van der Waals surface area (Å²) < 4.78 is 0.979. The van der Waals surface area contributed by atoms with Crippen LogP contribution in [0.5, 0.6) is 11.5 Å². The Balaban J connectivity index is 2.35. The molecule has 2 N–H and O–H groups in total. The topological polar surface area (TPSA) is 40.5 Å². The number of hydrogen-bond acceptors (Lipinski definition) is 2. The molecule has 0 amide bonds. The second kappa shape index (κ2) is 7.33. The van der Waals surface area contributed by atoms with Crippen LogP contribution < -0.4 is 0 Å². The van der Waals surface area contributed by atoms with Crippen molar-refractivity contribution in [1.29, 1.82) is 0 Å². The maximum absolute atomic E-state index is 11.0. The number of aromatic hydroxyl groups is 2. The molecule has 0 fully saturated rings. The number of hydrogen-bond donors (Lipinski definition) is 2. The predicted molar refractivity (Wildman–Crippen MR) is 120 cm³/mol. The van der Waals surface area contributed by atoms with E-state index in [0.717, 1.165) is 27.8 Å². The van der Waals surface area contributed by atoms with Gasteiger partial charge >= 0.3 is 0 Å². The summed E-state index contributed by atoms with van der Waals surface area (Å²) >= 11 is 7.06. The molecule has 4 heteroatoms. The van der Waals surface area contributed by atoms with E-state index in [4.69, 9.17) is 0 Å². The highest BCUT2D eigenvalue weighted by Crippen LogP contribution is 2.53. The van der Waals surface area contributed by atoms with E-state index in [9.17, 15) is 10.2 Å². The summed E-state index contributed by atoms with van der Waals surface area (Å²) in [6.45, 7) is 10.2. The molecule has 0 heterocycles. The van der Waals surface area contributed by atoms with Crippen molar-refractivity contribution in [2.45, 2.75) is 34.6 Å². The van der Waals surface area contributed by atoms with E-state index in [-0.39, 0.29) is 11.5 Å². The molecule has 3 aromatic carbocycles. The van der Waals surface area contributed by atoms with Crippen LogP contribution in [0, 0.1) is 34.6 Å². The first-order valence-corrected chi connectivity index (χ1v) is 10.3. The number of halogens is 2. The molecule has 0 saturated heterocycles. The fraction of sp³-hybridized carbons (Fsp3) is 0.217. The van der Waals surface area contributed by atoms with Crippen molar-refractivity contribution in [3.8, 4) is 33.8 Å². The SMILES string of the molecule is Cc1ccc(-c2c(O)c(Br)c(-c3ccc(C)c(C)c3C)c(O)c2Br)c(C)c1. The molecular weight excluding hydrogens is 468 g/mol. The number of phenols is 2. The second-order valence-electron chi connectivity index (χ2n) is 7.07. The molecule has 0 aromatic heterocycles. The summed E-state index contributed by atoms with van der Waals surface area (Å²) in [6, 6.07) is 10.1. The van der Waals surface area contributed by atoms with Crippen molar-refractivity contribution in [2.24, 2.45) is 0 Å². The highest BCUT2D eigenvalue weighted by atomic mass is 79.9. The Kier molecular flexibility index (Phi) is 5.42. The van der Waals surface area contributed by atoms with Crippen molar-refractivity contribution < 1.29 is 10.2 Å². The van der Waals surface area contributed by atoms with Gasteiger partial charge in [-0.05, 0) is 99.9 Å². The third-order valence-corrected chi connectivity index (χ3v) is 6.85. The van der Waals surface area contributed by atoms with Crippen LogP contribution in [0.2, 0.25) is 0 Å². The van der Waals surface area contributed by atoms with Gasteiger partial charge in [0.05, 0.1) is 8.95 Å². The minimum atomic E-state index is 0.110. The first-order chi connectivity index (χ1) is 12.6. The van der Waals surface area contributed by atoms with Crippen LogP contribution in [0.1, 0.15) is 27.8 Å². The molecule has 0 unspecified atom stereocenters. The third kappa shape index (κ3) is 3.30. The quantitative estimate of drug-likeness (QED) is 0.366. The van der Waals surface area contributed by atoms with Crippen molar-refractivity contribution in [2.75, 3.05) is 0 Å².